The van der Waals surface area contributed by atoms with Gasteiger partial charge in [-0.2, -0.15) is 5.10 Å². The molecule has 0 amide bonds. The molecule has 1 N–H and O–H groups in total. The SMILES string of the molecule is Cc1csc2c(N(CC(C)C)/N=C/c3ccc4c(c3)COB4O)ncnc12. The van der Waals surface area contributed by atoms with Gasteiger partial charge in [-0.05, 0) is 46.4 Å². The first-order chi connectivity index (χ1) is 13.0. The third-order valence-electron chi connectivity index (χ3n) is 4.47. The Balaban J connectivity index is 1.67. The topological polar surface area (TPSA) is 70.8 Å². The number of anilines is 1. The summed E-state index contributed by atoms with van der Waals surface area (Å²) in [6, 6.07) is 5.85. The van der Waals surface area contributed by atoms with Gasteiger partial charge in [0.25, 0.3) is 0 Å². The average Bonchev–Trinajstić information content (AvgIpc) is 3.21. The largest absolute Gasteiger partial charge is 0.491 e. The Labute approximate surface area is 162 Å². The Morgan fingerprint density at radius 1 is 1.41 bits per heavy atom. The van der Waals surface area contributed by atoms with Crippen molar-refractivity contribution in [3.05, 3.63) is 46.6 Å². The first-order valence-electron chi connectivity index (χ1n) is 8.95. The molecular formula is C19H21BN4O2S. The molecule has 0 saturated heterocycles. The Hall–Kier alpha value is -2.29. The number of aromatic nitrogens is 2. The van der Waals surface area contributed by atoms with Crippen molar-refractivity contribution in [1.29, 1.82) is 0 Å². The maximum Gasteiger partial charge on any atom is 0.491 e. The molecular weight excluding hydrogens is 359 g/mol. The Morgan fingerprint density at radius 2 is 2.26 bits per heavy atom. The minimum atomic E-state index is -0.820. The molecule has 3 aromatic rings. The minimum absolute atomic E-state index is 0.425. The van der Waals surface area contributed by atoms with Crippen molar-refractivity contribution in [2.75, 3.05) is 11.6 Å². The minimum Gasteiger partial charge on any atom is -0.423 e. The van der Waals surface area contributed by atoms with Crippen molar-refractivity contribution in [2.45, 2.75) is 27.4 Å². The number of nitrogens with zero attached hydrogens (tertiary/aromatic N) is 4. The standard InChI is InChI=1S/C19H21BN4O2S/c1-12(2)8-24(19-18-17(21-11-22-19)13(3)10-27-18)23-7-14-4-5-16-15(6-14)9-26-20(16)25/h4-7,10-12,25H,8-9H2,1-3H3/b23-7+. The fraction of sp³-hybridized carbons (Fsp3) is 0.316. The quantitative estimate of drug-likeness (QED) is 0.419. The van der Waals surface area contributed by atoms with Gasteiger partial charge in [-0.25, -0.2) is 15.0 Å². The van der Waals surface area contributed by atoms with Gasteiger partial charge >= 0.3 is 7.12 Å². The van der Waals surface area contributed by atoms with E-state index in [-0.39, 0.29) is 0 Å². The second kappa shape index (κ2) is 7.38. The summed E-state index contributed by atoms with van der Waals surface area (Å²) in [5.74, 6) is 1.26. The third-order valence-corrected chi connectivity index (χ3v) is 5.55. The van der Waals surface area contributed by atoms with Crippen molar-refractivity contribution in [2.24, 2.45) is 11.0 Å². The van der Waals surface area contributed by atoms with Gasteiger partial charge in [-0.1, -0.05) is 26.0 Å². The zero-order valence-corrected chi connectivity index (χ0v) is 16.4. The molecule has 4 rings (SSSR count). The second-order valence-electron chi connectivity index (χ2n) is 7.14. The molecule has 6 nitrogen and oxygen atoms in total. The first kappa shape index (κ1) is 18.1. The summed E-state index contributed by atoms with van der Waals surface area (Å²) in [6.45, 7) is 7.57. The molecule has 27 heavy (non-hydrogen) atoms. The highest BCUT2D eigenvalue weighted by Crippen LogP contribution is 2.31. The third kappa shape index (κ3) is 3.60. The van der Waals surface area contributed by atoms with E-state index in [1.165, 1.54) is 0 Å². The van der Waals surface area contributed by atoms with Gasteiger partial charge in [0.1, 0.15) is 6.33 Å². The highest BCUT2D eigenvalue weighted by molar-refractivity contribution is 7.18. The summed E-state index contributed by atoms with van der Waals surface area (Å²) in [6.07, 6.45) is 3.44. The highest BCUT2D eigenvalue weighted by Gasteiger charge is 2.26. The summed E-state index contributed by atoms with van der Waals surface area (Å²) < 4.78 is 6.32. The summed E-state index contributed by atoms with van der Waals surface area (Å²) >= 11 is 1.65. The number of rotatable bonds is 5. The molecule has 0 saturated carbocycles. The Kier molecular flexibility index (Phi) is 4.95. The van der Waals surface area contributed by atoms with Gasteiger partial charge in [0.15, 0.2) is 5.82 Å². The fourth-order valence-electron chi connectivity index (χ4n) is 3.14. The fourth-order valence-corrected chi connectivity index (χ4v) is 4.14. The van der Waals surface area contributed by atoms with E-state index in [2.05, 4.69) is 36.1 Å². The molecule has 1 aliphatic rings. The molecule has 0 unspecified atom stereocenters. The molecule has 0 aliphatic carbocycles. The van der Waals surface area contributed by atoms with E-state index >= 15 is 0 Å². The lowest BCUT2D eigenvalue weighted by molar-refractivity contribution is 0.275. The number of benzene rings is 1. The molecule has 0 bridgehead atoms. The molecule has 0 radical (unpaired) electrons. The summed E-state index contributed by atoms with van der Waals surface area (Å²) in [5.41, 5.74) is 4.94. The van der Waals surface area contributed by atoms with E-state index < -0.39 is 7.12 Å². The van der Waals surface area contributed by atoms with Crippen LogP contribution in [-0.2, 0) is 11.3 Å². The van der Waals surface area contributed by atoms with Crippen molar-refractivity contribution < 1.29 is 9.68 Å². The van der Waals surface area contributed by atoms with Crippen LogP contribution in [0.1, 0.15) is 30.5 Å². The van der Waals surface area contributed by atoms with Crippen LogP contribution in [0.5, 0.6) is 0 Å². The Bertz CT molecular complexity index is 1000. The second-order valence-corrected chi connectivity index (χ2v) is 8.02. The van der Waals surface area contributed by atoms with Crippen LogP contribution in [0.25, 0.3) is 10.2 Å². The number of hydrazone groups is 1. The number of hydrogen-bond acceptors (Lipinski definition) is 7. The van der Waals surface area contributed by atoms with E-state index in [0.29, 0.717) is 12.5 Å². The average molecular weight is 380 g/mol. The van der Waals surface area contributed by atoms with Crippen molar-refractivity contribution in [1.82, 2.24) is 9.97 Å². The van der Waals surface area contributed by atoms with E-state index in [4.69, 9.17) is 9.76 Å². The van der Waals surface area contributed by atoms with Gasteiger partial charge in [-0.15, -0.1) is 11.3 Å². The molecule has 0 atom stereocenters. The molecule has 138 valence electrons. The maximum absolute atomic E-state index is 9.76. The number of fused-ring (bicyclic) bond motifs is 2. The number of thiophene rings is 1. The van der Waals surface area contributed by atoms with E-state index in [1.807, 2.05) is 29.4 Å². The smallest absolute Gasteiger partial charge is 0.423 e. The van der Waals surface area contributed by atoms with Crippen LogP contribution in [0.4, 0.5) is 5.82 Å². The van der Waals surface area contributed by atoms with Gasteiger partial charge < -0.3 is 9.68 Å². The zero-order chi connectivity index (χ0) is 19.0. The maximum atomic E-state index is 9.76. The lowest BCUT2D eigenvalue weighted by Crippen LogP contribution is -2.27. The molecule has 1 aliphatic heterocycles. The molecule has 0 spiro atoms. The lowest BCUT2D eigenvalue weighted by atomic mass is 9.79. The highest BCUT2D eigenvalue weighted by atomic mass is 32.1. The summed E-state index contributed by atoms with van der Waals surface area (Å²) in [5, 5.41) is 18.5. The molecule has 2 aromatic heterocycles. The monoisotopic (exact) mass is 380 g/mol. The van der Waals surface area contributed by atoms with Crippen LogP contribution in [-0.4, -0.2) is 34.9 Å². The predicted molar refractivity (Wildman–Crippen MR) is 111 cm³/mol. The van der Waals surface area contributed by atoms with E-state index in [1.54, 1.807) is 17.7 Å². The van der Waals surface area contributed by atoms with Gasteiger partial charge in [0.05, 0.1) is 23.0 Å². The van der Waals surface area contributed by atoms with E-state index in [0.717, 1.165) is 44.7 Å². The normalized spacial score (nSPS) is 13.9. The van der Waals surface area contributed by atoms with Crippen LogP contribution >= 0.6 is 11.3 Å². The predicted octanol–water partition coefficient (Wildman–Crippen LogP) is 2.71. The van der Waals surface area contributed by atoms with Gasteiger partial charge in [0.2, 0.25) is 0 Å². The number of hydrogen-bond donors (Lipinski definition) is 1. The van der Waals surface area contributed by atoms with Crippen molar-refractivity contribution >= 4 is 46.2 Å². The zero-order valence-electron chi connectivity index (χ0n) is 15.6. The van der Waals surface area contributed by atoms with Crippen LogP contribution in [0.2, 0.25) is 0 Å². The first-order valence-corrected chi connectivity index (χ1v) is 9.83. The summed E-state index contributed by atoms with van der Waals surface area (Å²) in [4.78, 5) is 8.92. The van der Waals surface area contributed by atoms with Crippen molar-refractivity contribution in [3.63, 3.8) is 0 Å². The van der Waals surface area contributed by atoms with Crippen molar-refractivity contribution in [3.8, 4) is 0 Å². The molecule has 0 fully saturated rings. The van der Waals surface area contributed by atoms with Crippen LogP contribution < -0.4 is 10.5 Å². The van der Waals surface area contributed by atoms with Gasteiger partial charge in [-0.3, -0.25) is 0 Å². The van der Waals surface area contributed by atoms with Crippen LogP contribution in [0, 0.1) is 12.8 Å². The number of aryl methyl sites for hydroxylation is 1. The van der Waals surface area contributed by atoms with Gasteiger partial charge in [0, 0.05) is 6.54 Å². The molecule has 1 aromatic carbocycles. The van der Waals surface area contributed by atoms with E-state index in [9.17, 15) is 5.02 Å². The summed E-state index contributed by atoms with van der Waals surface area (Å²) in [7, 11) is -0.820. The molecule has 3 heterocycles. The molecule has 8 heteroatoms. The van der Waals surface area contributed by atoms with Crippen LogP contribution in [0.3, 0.4) is 0 Å². The lowest BCUT2D eigenvalue weighted by Gasteiger charge is -2.20. The van der Waals surface area contributed by atoms with Crippen LogP contribution in [0.15, 0.2) is 35.0 Å². The Morgan fingerprint density at radius 3 is 3.07 bits per heavy atom.